The highest BCUT2D eigenvalue weighted by Crippen LogP contribution is 2.27. The molecule has 31 heavy (non-hydrogen) atoms. The number of hydrogen-bond donors (Lipinski definition) is 1. The zero-order valence-corrected chi connectivity index (χ0v) is 17.6. The van der Waals surface area contributed by atoms with Crippen molar-refractivity contribution >= 4 is 17.3 Å². The van der Waals surface area contributed by atoms with Gasteiger partial charge in [-0.3, -0.25) is 4.79 Å². The number of aromatic nitrogens is 1. The molecule has 7 heteroatoms. The Bertz CT molecular complexity index is 1040. The fraction of sp³-hybridized carbons (Fsp3) is 0.250. The van der Waals surface area contributed by atoms with E-state index in [1.807, 2.05) is 25.1 Å². The second-order valence-electron chi connectivity index (χ2n) is 7.77. The van der Waals surface area contributed by atoms with Gasteiger partial charge in [0.05, 0.1) is 5.69 Å². The van der Waals surface area contributed by atoms with E-state index in [4.69, 9.17) is 4.74 Å². The molecule has 1 aliphatic heterocycles. The van der Waals surface area contributed by atoms with Crippen LogP contribution in [0.15, 0.2) is 66.9 Å². The molecule has 0 saturated carbocycles. The molecule has 1 amide bonds. The van der Waals surface area contributed by atoms with Gasteiger partial charge in [-0.15, -0.1) is 0 Å². The summed E-state index contributed by atoms with van der Waals surface area (Å²) in [6, 6.07) is 17.3. The van der Waals surface area contributed by atoms with Gasteiger partial charge >= 0.3 is 0 Å². The lowest BCUT2D eigenvalue weighted by Gasteiger charge is -2.22. The second-order valence-corrected chi connectivity index (χ2v) is 7.77. The highest BCUT2D eigenvalue weighted by Gasteiger charge is 2.25. The second kappa shape index (κ2) is 9.14. The van der Waals surface area contributed by atoms with E-state index < -0.39 is 0 Å². The van der Waals surface area contributed by atoms with Gasteiger partial charge in [0, 0.05) is 42.6 Å². The summed E-state index contributed by atoms with van der Waals surface area (Å²) in [5.74, 6) is 0.402. The minimum Gasteiger partial charge on any atom is -0.439 e. The summed E-state index contributed by atoms with van der Waals surface area (Å²) in [5.41, 5.74) is 1.44. The molecule has 1 aliphatic rings. The van der Waals surface area contributed by atoms with Crippen LogP contribution >= 0.6 is 0 Å². The van der Waals surface area contributed by atoms with E-state index in [2.05, 4.69) is 15.2 Å². The number of benzene rings is 2. The van der Waals surface area contributed by atoms with Gasteiger partial charge in [-0.05, 0) is 69.0 Å². The number of hydrogen-bond acceptors (Lipinski definition) is 5. The van der Waals surface area contributed by atoms with Crippen LogP contribution in [0, 0.1) is 5.82 Å². The molecular weight excluding hydrogens is 395 g/mol. The fourth-order valence-electron chi connectivity index (χ4n) is 3.63. The molecule has 4 rings (SSSR count). The van der Waals surface area contributed by atoms with Gasteiger partial charge in [0.1, 0.15) is 11.6 Å². The van der Waals surface area contributed by atoms with Gasteiger partial charge in [0.15, 0.2) is 0 Å². The van der Waals surface area contributed by atoms with Gasteiger partial charge < -0.3 is 19.9 Å². The molecule has 1 N–H and O–H groups in total. The number of nitrogens with zero attached hydrogens (tertiary/aromatic N) is 3. The quantitative estimate of drug-likeness (QED) is 0.640. The molecule has 6 nitrogen and oxygen atoms in total. The van der Waals surface area contributed by atoms with Gasteiger partial charge in [-0.25, -0.2) is 9.37 Å². The molecule has 1 aromatic heterocycles. The Kier molecular flexibility index (Phi) is 6.13. The van der Waals surface area contributed by atoms with Gasteiger partial charge in [-0.1, -0.05) is 6.07 Å². The summed E-state index contributed by atoms with van der Waals surface area (Å²) in [6.45, 7) is 1.61. The Hall–Kier alpha value is -3.45. The topological polar surface area (TPSA) is 57.7 Å². The molecule has 2 heterocycles. The smallest absolute Gasteiger partial charge is 0.255 e. The number of halogens is 1. The first-order valence-electron chi connectivity index (χ1n) is 10.2. The summed E-state index contributed by atoms with van der Waals surface area (Å²) >= 11 is 0. The SMILES string of the molecule is CN(C)C1CCN(c2ccc(NC(=O)c3ccc(Oc4ccccn4)cc3)cc2F)C1. The average molecular weight is 420 g/mol. The predicted octanol–water partition coefficient (Wildman–Crippen LogP) is 4.41. The number of pyridine rings is 1. The minimum absolute atomic E-state index is 0.314. The summed E-state index contributed by atoms with van der Waals surface area (Å²) in [4.78, 5) is 20.9. The van der Waals surface area contributed by atoms with Gasteiger partial charge in [-0.2, -0.15) is 0 Å². The molecular formula is C24H25FN4O2. The molecule has 0 bridgehead atoms. The van der Waals surface area contributed by atoms with Crippen LogP contribution in [0.3, 0.4) is 0 Å². The van der Waals surface area contributed by atoms with Crippen LogP contribution in [0.25, 0.3) is 0 Å². The van der Waals surface area contributed by atoms with Crippen molar-refractivity contribution in [3.8, 4) is 11.6 Å². The Morgan fingerprint density at radius 3 is 2.61 bits per heavy atom. The summed E-state index contributed by atoms with van der Waals surface area (Å²) in [5, 5.41) is 2.75. The van der Waals surface area contributed by atoms with Crippen LogP contribution in [0.2, 0.25) is 0 Å². The standard InChI is InChI=1S/C24H25FN4O2/c1-28(2)19-12-14-29(16-19)22-11-8-18(15-21(22)25)27-24(30)17-6-9-20(10-7-17)31-23-5-3-4-13-26-23/h3-11,13,15,19H,12,14,16H2,1-2H3,(H,27,30). The number of carbonyl (C=O) groups is 1. The predicted molar refractivity (Wildman–Crippen MR) is 119 cm³/mol. The lowest BCUT2D eigenvalue weighted by atomic mass is 10.2. The number of nitrogens with one attached hydrogen (secondary N) is 1. The molecule has 160 valence electrons. The largest absolute Gasteiger partial charge is 0.439 e. The summed E-state index contributed by atoms with van der Waals surface area (Å²) in [7, 11) is 4.08. The molecule has 1 atom stereocenters. The number of rotatable bonds is 6. The van der Waals surface area contributed by atoms with Crippen molar-refractivity contribution in [2.75, 3.05) is 37.4 Å². The Morgan fingerprint density at radius 1 is 1.16 bits per heavy atom. The maximum Gasteiger partial charge on any atom is 0.255 e. The molecule has 1 unspecified atom stereocenters. The average Bonchev–Trinajstić information content (AvgIpc) is 3.25. The van der Waals surface area contributed by atoms with Gasteiger partial charge in [0.2, 0.25) is 5.88 Å². The maximum absolute atomic E-state index is 14.7. The molecule has 2 aromatic carbocycles. The minimum atomic E-state index is -0.337. The summed E-state index contributed by atoms with van der Waals surface area (Å²) < 4.78 is 20.3. The number of amides is 1. The van der Waals surface area contributed by atoms with Crippen molar-refractivity contribution in [1.29, 1.82) is 0 Å². The molecule has 0 aliphatic carbocycles. The van der Waals surface area contributed by atoms with Crippen LogP contribution < -0.4 is 15.0 Å². The van der Waals surface area contributed by atoms with Crippen molar-refractivity contribution in [2.24, 2.45) is 0 Å². The molecule has 0 radical (unpaired) electrons. The monoisotopic (exact) mass is 420 g/mol. The third-order valence-electron chi connectivity index (χ3n) is 5.42. The first kappa shape index (κ1) is 20.8. The highest BCUT2D eigenvalue weighted by molar-refractivity contribution is 6.04. The lowest BCUT2D eigenvalue weighted by Crippen LogP contribution is -2.31. The van der Waals surface area contributed by atoms with E-state index >= 15 is 0 Å². The lowest BCUT2D eigenvalue weighted by molar-refractivity contribution is 0.102. The number of likely N-dealkylation sites (N-methyl/N-ethyl adjacent to an activating group) is 1. The van der Waals surface area contributed by atoms with Crippen molar-refractivity contribution in [3.05, 3.63) is 78.2 Å². The van der Waals surface area contributed by atoms with Crippen LogP contribution in [0.4, 0.5) is 15.8 Å². The Labute approximate surface area is 181 Å². The van der Waals surface area contributed by atoms with E-state index in [1.165, 1.54) is 6.07 Å². The van der Waals surface area contributed by atoms with E-state index in [0.29, 0.717) is 34.6 Å². The van der Waals surface area contributed by atoms with Crippen LogP contribution in [-0.2, 0) is 0 Å². The van der Waals surface area contributed by atoms with Crippen molar-refractivity contribution in [2.45, 2.75) is 12.5 Å². The highest BCUT2D eigenvalue weighted by atomic mass is 19.1. The van der Waals surface area contributed by atoms with E-state index in [-0.39, 0.29) is 11.7 Å². The van der Waals surface area contributed by atoms with Crippen molar-refractivity contribution in [1.82, 2.24) is 9.88 Å². The van der Waals surface area contributed by atoms with E-state index in [0.717, 1.165) is 19.5 Å². The number of ether oxygens (including phenoxy) is 1. The first-order valence-corrected chi connectivity index (χ1v) is 10.2. The molecule has 1 saturated heterocycles. The third-order valence-corrected chi connectivity index (χ3v) is 5.42. The zero-order valence-electron chi connectivity index (χ0n) is 17.6. The normalized spacial score (nSPS) is 15.9. The van der Waals surface area contributed by atoms with Gasteiger partial charge in [0.25, 0.3) is 5.91 Å². The molecule has 3 aromatic rings. The van der Waals surface area contributed by atoms with Crippen molar-refractivity contribution < 1.29 is 13.9 Å². The Morgan fingerprint density at radius 2 is 1.97 bits per heavy atom. The number of anilines is 2. The van der Waals surface area contributed by atoms with E-state index in [1.54, 1.807) is 54.7 Å². The zero-order chi connectivity index (χ0) is 21.8. The fourth-order valence-corrected chi connectivity index (χ4v) is 3.63. The summed E-state index contributed by atoms with van der Waals surface area (Å²) in [6.07, 6.45) is 2.65. The van der Waals surface area contributed by atoms with Crippen LogP contribution in [-0.4, -0.2) is 49.0 Å². The van der Waals surface area contributed by atoms with E-state index in [9.17, 15) is 9.18 Å². The molecule has 1 fully saturated rings. The van der Waals surface area contributed by atoms with Crippen LogP contribution in [0.5, 0.6) is 11.6 Å². The number of carbonyl (C=O) groups excluding carboxylic acids is 1. The van der Waals surface area contributed by atoms with Crippen molar-refractivity contribution in [3.63, 3.8) is 0 Å². The molecule has 0 spiro atoms. The van der Waals surface area contributed by atoms with Crippen LogP contribution in [0.1, 0.15) is 16.8 Å². The Balaban J connectivity index is 1.39. The third kappa shape index (κ3) is 5.00. The first-order chi connectivity index (χ1) is 15.0. The maximum atomic E-state index is 14.7.